The highest BCUT2D eigenvalue weighted by Gasteiger charge is 2.22. The number of fused-ring (bicyclic) bond motifs is 1. The molecule has 0 saturated heterocycles. The minimum Gasteiger partial charge on any atom is -0.352 e. The van der Waals surface area contributed by atoms with Crippen molar-refractivity contribution in [2.75, 3.05) is 6.54 Å². The maximum absolute atomic E-state index is 8.30. The van der Waals surface area contributed by atoms with Gasteiger partial charge >= 0.3 is 0 Å². The summed E-state index contributed by atoms with van der Waals surface area (Å²) in [5.41, 5.74) is 2.46. The molecule has 0 unspecified atom stereocenters. The van der Waals surface area contributed by atoms with E-state index in [9.17, 15) is 0 Å². The second-order valence-electron chi connectivity index (χ2n) is 8.73. The average molecular weight is 385 g/mol. The number of rotatable bonds is 17. The van der Waals surface area contributed by atoms with Crippen LogP contribution in [0.25, 0.3) is 0 Å². The van der Waals surface area contributed by atoms with Gasteiger partial charge in [0, 0.05) is 18.7 Å². The number of amidine groups is 1. The van der Waals surface area contributed by atoms with E-state index in [0.717, 1.165) is 24.5 Å². The van der Waals surface area contributed by atoms with Crippen molar-refractivity contribution in [3.05, 3.63) is 35.4 Å². The monoisotopic (exact) mass is 384 g/mol. The molecule has 2 nitrogen and oxygen atoms in total. The van der Waals surface area contributed by atoms with Gasteiger partial charge in [0.1, 0.15) is 5.84 Å². The number of hydrogen-bond acceptors (Lipinski definition) is 1. The fraction of sp³-hybridized carbons (Fsp3) is 0.731. The Morgan fingerprint density at radius 2 is 1.14 bits per heavy atom. The van der Waals surface area contributed by atoms with Crippen molar-refractivity contribution < 1.29 is 0 Å². The van der Waals surface area contributed by atoms with Crippen molar-refractivity contribution in [2.24, 2.45) is 0 Å². The van der Waals surface area contributed by atoms with Crippen molar-refractivity contribution in [1.82, 2.24) is 4.90 Å². The zero-order valence-corrected chi connectivity index (χ0v) is 18.5. The standard InChI is InChI=1S/C26H44N2/c1-2-3-4-5-6-7-8-9-10-11-12-13-14-15-16-19-22-28-23-24-20-17-18-21-25(24)26(28)27/h17-18,20-21,27H,2-16,19,22-23H2,1H3. The van der Waals surface area contributed by atoms with Crippen LogP contribution in [0.4, 0.5) is 0 Å². The lowest BCUT2D eigenvalue weighted by molar-refractivity contribution is 0.406. The molecule has 0 atom stereocenters. The largest absolute Gasteiger partial charge is 0.352 e. The van der Waals surface area contributed by atoms with Gasteiger partial charge in [-0.25, -0.2) is 0 Å². The number of hydrogen-bond donors (Lipinski definition) is 1. The Kier molecular flexibility index (Phi) is 12.0. The Labute approximate surface area is 174 Å². The summed E-state index contributed by atoms with van der Waals surface area (Å²) in [7, 11) is 0. The van der Waals surface area contributed by atoms with Crippen LogP contribution in [0.1, 0.15) is 121 Å². The maximum atomic E-state index is 8.30. The molecule has 0 amide bonds. The van der Waals surface area contributed by atoms with Crippen LogP contribution < -0.4 is 0 Å². The molecule has 2 rings (SSSR count). The zero-order chi connectivity index (χ0) is 19.9. The summed E-state index contributed by atoms with van der Waals surface area (Å²) in [5.74, 6) is 0.733. The summed E-state index contributed by atoms with van der Waals surface area (Å²) < 4.78 is 0. The predicted molar refractivity (Wildman–Crippen MR) is 123 cm³/mol. The Morgan fingerprint density at radius 1 is 0.679 bits per heavy atom. The van der Waals surface area contributed by atoms with E-state index in [1.807, 2.05) is 6.07 Å². The summed E-state index contributed by atoms with van der Waals surface area (Å²) >= 11 is 0. The third-order valence-corrected chi connectivity index (χ3v) is 6.23. The van der Waals surface area contributed by atoms with E-state index in [-0.39, 0.29) is 0 Å². The molecule has 0 aliphatic carbocycles. The normalized spacial score (nSPS) is 13.3. The first-order valence-electron chi connectivity index (χ1n) is 12.2. The lowest BCUT2D eigenvalue weighted by Gasteiger charge is -2.17. The first-order chi connectivity index (χ1) is 13.8. The minimum atomic E-state index is 0.733. The van der Waals surface area contributed by atoms with Crippen molar-refractivity contribution in [3.63, 3.8) is 0 Å². The lowest BCUT2D eigenvalue weighted by Crippen LogP contribution is -2.24. The highest BCUT2D eigenvalue weighted by atomic mass is 15.2. The van der Waals surface area contributed by atoms with E-state index in [1.54, 1.807) is 0 Å². The number of nitrogens with one attached hydrogen (secondary N) is 1. The van der Waals surface area contributed by atoms with Gasteiger partial charge < -0.3 is 4.90 Å². The Hall–Kier alpha value is -1.31. The Balaban J connectivity index is 1.32. The number of benzene rings is 1. The molecule has 28 heavy (non-hydrogen) atoms. The van der Waals surface area contributed by atoms with Crippen LogP contribution in [-0.4, -0.2) is 17.3 Å². The van der Waals surface area contributed by atoms with Gasteiger partial charge in [0.25, 0.3) is 0 Å². The van der Waals surface area contributed by atoms with Gasteiger partial charge in [-0.3, -0.25) is 5.41 Å². The van der Waals surface area contributed by atoms with Crippen molar-refractivity contribution in [1.29, 1.82) is 5.41 Å². The molecule has 0 radical (unpaired) electrons. The smallest absolute Gasteiger partial charge is 0.128 e. The van der Waals surface area contributed by atoms with Gasteiger partial charge in [-0.2, -0.15) is 0 Å². The van der Waals surface area contributed by atoms with Crippen LogP contribution in [-0.2, 0) is 6.54 Å². The molecule has 1 aliphatic rings. The summed E-state index contributed by atoms with van der Waals surface area (Å²) in [6, 6.07) is 8.39. The average Bonchev–Trinajstić information content (AvgIpc) is 3.03. The van der Waals surface area contributed by atoms with E-state index in [0.29, 0.717) is 0 Å². The molecular weight excluding hydrogens is 340 g/mol. The van der Waals surface area contributed by atoms with E-state index in [2.05, 4.69) is 30.0 Å². The fourth-order valence-corrected chi connectivity index (χ4v) is 4.39. The number of unbranched alkanes of at least 4 members (excludes halogenated alkanes) is 15. The van der Waals surface area contributed by atoms with Crippen LogP contribution in [0.2, 0.25) is 0 Å². The molecule has 2 heteroatoms. The molecule has 1 N–H and O–H groups in total. The summed E-state index contributed by atoms with van der Waals surface area (Å²) in [5, 5.41) is 8.30. The topological polar surface area (TPSA) is 27.1 Å². The number of nitrogens with zero attached hydrogens (tertiary/aromatic N) is 1. The van der Waals surface area contributed by atoms with Gasteiger partial charge in [0.05, 0.1) is 0 Å². The van der Waals surface area contributed by atoms with Crippen molar-refractivity contribution in [3.8, 4) is 0 Å². The third kappa shape index (κ3) is 8.80. The van der Waals surface area contributed by atoms with Crippen LogP contribution in [0.5, 0.6) is 0 Å². The highest BCUT2D eigenvalue weighted by Crippen LogP contribution is 2.22. The van der Waals surface area contributed by atoms with Gasteiger partial charge in [-0.15, -0.1) is 0 Å². The lowest BCUT2D eigenvalue weighted by atomic mass is 10.0. The second-order valence-corrected chi connectivity index (χ2v) is 8.73. The predicted octanol–water partition coefficient (Wildman–Crippen LogP) is 8.09. The Morgan fingerprint density at radius 3 is 1.64 bits per heavy atom. The first-order valence-corrected chi connectivity index (χ1v) is 12.2. The van der Waals surface area contributed by atoms with E-state index < -0.39 is 0 Å². The SMILES string of the molecule is CCCCCCCCCCCCCCCCCCN1Cc2ccccc2C1=N. The van der Waals surface area contributed by atoms with Crippen molar-refractivity contribution >= 4 is 5.84 Å². The van der Waals surface area contributed by atoms with Crippen LogP contribution >= 0.6 is 0 Å². The molecule has 1 aliphatic heterocycles. The summed E-state index contributed by atoms with van der Waals surface area (Å²) in [6.07, 6.45) is 22.6. The zero-order valence-electron chi connectivity index (χ0n) is 18.5. The molecule has 0 aromatic heterocycles. The molecule has 0 bridgehead atoms. The van der Waals surface area contributed by atoms with Crippen LogP contribution in [0.3, 0.4) is 0 Å². The van der Waals surface area contributed by atoms with E-state index >= 15 is 0 Å². The molecular formula is C26H44N2. The molecule has 0 fully saturated rings. The quantitative estimate of drug-likeness (QED) is 0.270. The molecule has 1 heterocycles. The van der Waals surface area contributed by atoms with Gasteiger partial charge in [-0.1, -0.05) is 128 Å². The third-order valence-electron chi connectivity index (χ3n) is 6.23. The molecule has 158 valence electrons. The van der Waals surface area contributed by atoms with Gasteiger partial charge in [0.15, 0.2) is 0 Å². The molecule has 0 spiro atoms. The fourth-order valence-electron chi connectivity index (χ4n) is 4.39. The summed E-state index contributed by atoms with van der Waals surface area (Å²) in [6.45, 7) is 4.28. The Bertz CT molecular complexity index is 537. The maximum Gasteiger partial charge on any atom is 0.128 e. The van der Waals surface area contributed by atoms with E-state index in [1.165, 1.54) is 108 Å². The van der Waals surface area contributed by atoms with Gasteiger partial charge in [-0.05, 0) is 12.0 Å². The van der Waals surface area contributed by atoms with Crippen LogP contribution in [0, 0.1) is 5.41 Å². The second kappa shape index (κ2) is 14.7. The molecule has 0 saturated carbocycles. The minimum absolute atomic E-state index is 0.733. The summed E-state index contributed by atoms with van der Waals surface area (Å²) in [4.78, 5) is 2.24. The molecule has 1 aromatic carbocycles. The molecule has 1 aromatic rings. The van der Waals surface area contributed by atoms with Gasteiger partial charge in [0.2, 0.25) is 0 Å². The highest BCUT2D eigenvalue weighted by molar-refractivity contribution is 6.00. The van der Waals surface area contributed by atoms with Crippen LogP contribution in [0.15, 0.2) is 24.3 Å². The first kappa shape index (κ1) is 23.0. The van der Waals surface area contributed by atoms with Crippen molar-refractivity contribution in [2.45, 2.75) is 116 Å². The van der Waals surface area contributed by atoms with E-state index in [4.69, 9.17) is 5.41 Å².